The minimum Gasteiger partial charge on any atom is -0.390 e. The summed E-state index contributed by atoms with van der Waals surface area (Å²) in [6, 6.07) is 0. The number of rotatable bonds is 3. The highest BCUT2D eigenvalue weighted by molar-refractivity contribution is 5.80. The van der Waals surface area contributed by atoms with Crippen molar-refractivity contribution in [1.29, 1.82) is 0 Å². The molecule has 1 unspecified atom stereocenters. The lowest BCUT2D eigenvalue weighted by Crippen LogP contribution is -2.25. The van der Waals surface area contributed by atoms with E-state index >= 15 is 0 Å². The number of likely N-dealkylation sites (tertiary alicyclic amines) is 1. The van der Waals surface area contributed by atoms with Crippen LogP contribution in [0.2, 0.25) is 0 Å². The molecule has 0 aliphatic carbocycles. The first-order valence-electron chi connectivity index (χ1n) is 4.87. The molecule has 1 atom stereocenters. The highest BCUT2D eigenvalue weighted by atomic mass is 16.3. The van der Waals surface area contributed by atoms with Crippen LogP contribution in [0, 0.1) is 5.92 Å². The van der Waals surface area contributed by atoms with Crippen molar-refractivity contribution in [2.75, 3.05) is 13.6 Å². The minimum absolute atomic E-state index is 0.149. The maximum absolute atomic E-state index is 11.5. The van der Waals surface area contributed by atoms with Crippen LogP contribution in [0.15, 0.2) is 0 Å². The Labute approximate surface area is 79.7 Å². The van der Waals surface area contributed by atoms with Crippen LogP contribution >= 0.6 is 0 Å². The van der Waals surface area contributed by atoms with Gasteiger partial charge in [-0.1, -0.05) is 0 Å². The van der Waals surface area contributed by atoms with Crippen LogP contribution in [0.5, 0.6) is 0 Å². The third-order valence-corrected chi connectivity index (χ3v) is 2.64. The van der Waals surface area contributed by atoms with Crippen LogP contribution in [-0.2, 0) is 4.79 Å². The zero-order valence-electron chi connectivity index (χ0n) is 8.71. The first-order valence-corrected chi connectivity index (χ1v) is 4.87. The molecule has 76 valence electrons. The molecular weight excluding hydrogens is 166 g/mol. The molecule has 13 heavy (non-hydrogen) atoms. The molecule has 1 N–H and O–H groups in total. The van der Waals surface area contributed by atoms with E-state index in [4.69, 9.17) is 0 Å². The van der Waals surface area contributed by atoms with Gasteiger partial charge in [-0.25, -0.2) is 0 Å². The fraction of sp³-hybridized carbons (Fsp3) is 0.900. The Morgan fingerprint density at radius 1 is 1.62 bits per heavy atom. The second kappa shape index (κ2) is 3.66. The highest BCUT2D eigenvalue weighted by Crippen LogP contribution is 2.24. The molecule has 0 spiro atoms. The van der Waals surface area contributed by atoms with Crippen molar-refractivity contribution in [2.24, 2.45) is 5.92 Å². The number of carbonyl (C=O) groups is 1. The molecule has 1 heterocycles. The Kier molecular flexibility index (Phi) is 2.96. The highest BCUT2D eigenvalue weighted by Gasteiger charge is 2.29. The summed E-state index contributed by atoms with van der Waals surface area (Å²) in [6.07, 6.45) is 2.47. The Hall–Kier alpha value is -0.570. The van der Waals surface area contributed by atoms with Gasteiger partial charge < -0.3 is 10.0 Å². The standard InChI is InChI=1S/C10H19NO2/c1-10(2,13)6-4-8-5-7-11(3)9(8)12/h8,13H,4-7H2,1-3H3. The summed E-state index contributed by atoms with van der Waals surface area (Å²) in [6.45, 7) is 4.45. The maximum atomic E-state index is 11.5. The maximum Gasteiger partial charge on any atom is 0.225 e. The van der Waals surface area contributed by atoms with Gasteiger partial charge in [-0.15, -0.1) is 0 Å². The number of aliphatic hydroxyl groups is 1. The summed E-state index contributed by atoms with van der Waals surface area (Å²) >= 11 is 0. The molecule has 0 radical (unpaired) electrons. The zero-order valence-corrected chi connectivity index (χ0v) is 8.71. The van der Waals surface area contributed by atoms with Crippen molar-refractivity contribution in [3.8, 4) is 0 Å². The van der Waals surface area contributed by atoms with Crippen molar-refractivity contribution >= 4 is 5.91 Å². The molecule has 0 aromatic carbocycles. The number of carbonyl (C=O) groups excluding carboxylic acids is 1. The summed E-state index contributed by atoms with van der Waals surface area (Å²) in [4.78, 5) is 13.2. The normalized spacial score (nSPS) is 24.2. The van der Waals surface area contributed by atoms with Crippen LogP contribution in [0.4, 0.5) is 0 Å². The van der Waals surface area contributed by atoms with Gasteiger partial charge in [0.2, 0.25) is 5.91 Å². The van der Waals surface area contributed by atoms with Crippen molar-refractivity contribution in [1.82, 2.24) is 4.90 Å². The molecule has 3 heteroatoms. The van der Waals surface area contributed by atoms with Gasteiger partial charge in [0.05, 0.1) is 5.60 Å². The van der Waals surface area contributed by atoms with Gasteiger partial charge in [-0.2, -0.15) is 0 Å². The Morgan fingerprint density at radius 3 is 2.62 bits per heavy atom. The molecule has 1 saturated heterocycles. The van der Waals surface area contributed by atoms with Gasteiger partial charge in [-0.3, -0.25) is 4.79 Å². The lowest BCUT2D eigenvalue weighted by molar-refractivity contribution is -0.130. The Morgan fingerprint density at radius 2 is 2.23 bits per heavy atom. The van der Waals surface area contributed by atoms with Gasteiger partial charge in [0.25, 0.3) is 0 Å². The van der Waals surface area contributed by atoms with Gasteiger partial charge in [0.1, 0.15) is 0 Å². The predicted octanol–water partition coefficient (Wildman–Crippen LogP) is 1.02. The second-order valence-electron chi connectivity index (χ2n) is 4.60. The molecule has 1 fully saturated rings. The largest absolute Gasteiger partial charge is 0.390 e. The average Bonchev–Trinajstić information content (AvgIpc) is 2.29. The van der Waals surface area contributed by atoms with Crippen molar-refractivity contribution in [3.05, 3.63) is 0 Å². The third kappa shape index (κ3) is 2.99. The second-order valence-corrected chi connectivity index (χ2v) is 4.60. The van der Waals surface area contributed by atoms with Gasteiger partial charge in [-0.05, 0) is 33.1 Å². The summed E-state index contributed by atoms with van der Waals surface area (Å²) < 4.78 is 0. The van der Waals surface area contributed by atoms with E-state index in [0.29, 0.717) is 6.42 Å². The van der Waals surface area contributed by atoms with E-state index in [1.165, 1.54) is 0 Å². The predicted molar refractivity (Wildman–Crippen MR) is 51.3 cm³/mol. The van der Waals surface area contributed by atoms with E-state index in [1.807, 2.05) is 7.05 Å². The first kappa shape index (κ1) is 10.5. The third-order valence-electron chi connectivity index (χ3n) is 2.64. The van der Waals surface area contributed by atoms with E-state index < -0.39 is 5.60 Å². The average molecular weight is 185 g/mol. The number of nitrogens with zero attached hydrogens (tertiary/aromatic N) is 1. The SMILES string of the molecule is CN1CCC(CCC(C)(C)O)C1=O. The molecule has 0 bridgehead atoms. The lowest BCUT2D eigenvalue weighted by Gasteiger charge is -2.18. The summed E-state index contributed by atoms with van der Waals surface area (Å²) in [7, 11) is 1.84. The van der Waals surface area contributed by atoms with Crippen LogP contribution in [-0.4, -0.2) is 35.1 Å². The van der Waals surface area contributed by atoms with Crippen LogP contribution < -0.4 is 0 Å². The van der Waals surface area contributed by atoms with Gasteiger partial charge in [0, 0.05) is 19.5 Å². The van der Waals surface area contributed by atoms with E-state index in [-0.39, 0.29) is 11.8 Å². The topological polar surface area (TPSA) is 40.5 Å². The van der Waals surface area contributed by atoms with Gasteiger partial charge >= 0.3 is 0 Å². The van der Waals surface area contributed by atoms with Crippen LogP contribution in [0.25, 0.3) is 0 Å². The lowest BCUT2D eigenvalue weighted by atomic mass is 9.94. The van der Waals surface area contributed by atoms with Crippen molar-refractivity contribution in [2.45, 2.75) is 38.7 Å². The monoisotopic (exact) mass is 185 g/mol. The number of hydrogen-bond donors (Lipinski definition) is 1. The number of amides is 1. The van der Waals surface area contributed by atoms with Crippen LogP contribution in [0.3, 0.4) is 0 Å². The van der Waals surface area contributed by atoms with Gasteiger partial charge in [0.15, 0.2) is 0 Å². The first-order chi connectivity index (χ1) is 5.90. The van der Waals surface area contributed by atoms with Crippen LogP contribution in [0.1, 0.15) is 33.1 Å². The van der Waals surface area contributed by atoms with E-state index in [2.05, 4.69) is 0 Å². The molecule has 1 amide bonds. The van der Waals surface area contributed by atoms with Crippen molar-refractivity contribution < 1.29 is 9.90 Å². The molecular formula is C10H19NO2. The van der Waals surface area contributed by atoms with Crippen molar-refractivity contribution in [3.63, 3.8) is 0 Å². The zero-order chi connectivity index (χ0) is 10.1. The minimum atomic E-state index is -0.637. The van der Waals surface area contributed by atoms with E-state index in [0.717, 1.165) is 19.4 Å². The smallest absolute Gasteiger partial charge is 0.225 e. The molecule has 0 aromatic heterocycles. The van der Waals surface area contributed by atoms with E-state index in [9.17, 15) is 9.90 Å². The Bertz CT molecular complexity index is 196. The summed E-state index contributed by atoms with van der Waals surface area (Å²) in [5, 5.41) is 9.51. The Balaban J connectivity index is 2.35. The molecule has 1 aliphatic heterocycles. The molecule has 1 rings (SSSR count). The van der Waals surface area contributed by atoms with E-state index in [1.54, 1.807) is 18.7 Å². The molecule has 0 saturated carbocycles. The fourth-order valence-electron chi connectivity index (χ4n) is 1.69. The molecule has 1 aliphatic rings. The summed E-state index contributed by atoms with van der Waals surface area (Å²) in [5.41, 5.74) is -0.637. The fourth-order valence-corrected chi connectivity index (χ4v) is 1.69. The molecule has 3 nitrogen and oxygen atoms in total. The quantitative estimate of drug-likeness (QED) is 0.713. The molecule has 0 aromatic rings. The number of hydrogen-bond acceptors (Lipinski definition) is 2. The summed E-state index contributed by atoms with van der Waals surface area (Å²) in [5.74, 6) is 0.390.